The quantitative estimate of drug-likeness (QED) is 0.851. The number of nitrogens with one attached hydrogen (secondary N) is 1. The van der Waals surface area contributed by atoms with Crippen LogP contribution >= 0.6 is 34.3 Å². The molecule has 0 saturated heterocycles. The number of aryl methyl sites for hydroxylation is 1. The second kappa shape index (κ2) is 6.01. The van der Waals surface area contributed by atoms with E-state index in [0.29, 0.717) is 6.04 Å². The molecule has 1 unspecified atom stereocenters. The first-order valence-corrected chi connectivity index (χ1v) is 7.79. The summed E-state index contributed by atoms with van der Waals surface area (Å²) in [6.07, 6.45) is 2.11. The lowest BCUT2D eigenvalue weighted by Crippen LogP contribution is -2.18. The number of likely N-dealkylation sites (N-methyl/N-ethyl adjacent to an activating group) is 1. The van der Waals surface area contributed by atoms with Crippen molar-refractivity contribution in [1.29, 1.82) is 0 Å². The lowest BCUT2D eigenvalue weighted by atomic mass is 10.1. The van der Waals surface area contributed by atoms with Crippen LogP contribution in [0, 0.1) is 0 Å². The molecular formula is C13H16ClNS2. The van der Waals surface area contributed by atoms with E-state index in [2.05, 4.69) is 29.8 Å². The summed E-state index contributed by atoms with van der Waals surface area (Å²) in [6.45, 7) is 2.21. The first-order valence-electron chi connectivity index (χ1n) is 5.72. The Morgan fingerprint density at radius 1 is 1.35 bits per heavy atom. The van der Waals surface area contributed by atoms with Gasteiger partial charge in [-0.15, -0.1) is 22.7 Å². The van der Waals surface area contributed by atoms with Crippen LogP contribution in [0.3, 0.4) is 0 Å². The van der Waals surface area contributed by atoms with Gasteiger partial charge in [-0.05, 0) is 42.6 Å². The third-order valence-electron chi connectivity index (χ3n) is 2.86. The van der Waals surface area contributed by atoms with Crippen molar-refractivity contribution >= 4 is 34.3 Å². The van der Waals surface area contributed by atoms with Crippen LogP contribution in [0.4, 0.5) is 0 Å². The van der Waals surface area contributed by atoms with Crippen LogP contribution in [-0.4, -0.2) is 7.05 Å². The zero-order valence-corrected chi connectivity index (χ0v) is 12.4. The van der Waals surface area contributed by atoms with Gasteiger partial charge in [0.2, 0.25) is 0 Å². The lowest BCUT2D eigenvalue weighted by Gasteiger charge is -2.15. The van der Waals surface area contributed by atoms with Crippen LogP contribution in [0.5, 0.6) is 0 Å². The number of thiophene rings is 2. The highest BCUT2D eigenvalue weighted by atomic mass is 35.5. The number of halogens is 1. The molecule has 2 aromatic rings. The maximum Gasteiger partial charge on any atom is 0.0931 e. The Morgan fingerprint density at radius 3 is 2.76 bits per heavy atom. The van der Waals surface area contributed by atoms with Gasteiger partial charge < -0.3 is 5.32 Å². The SMILES string of the molecule is CCc1ccsc1C(Cc1ccc(Cl)s1)NC. The number of hydrogen-bond acceptors (Lipinski definition) is 3. The summed E-state index contributed by atoms with van der Waals surface area (Å²) in [7, 11) is 2.03. The largest absolute Gasteiger partial charge is 0.312 e. The monoisotopic (exact) mass is 285 g/mol. The average molecular weight is 286 g/mol. The van der Waals surface area contributed by atoms with Crippen molar-refractivity contribution in [2.24, 2.45) is 0 Å². The maximum absolute atomic E-state index is 5.97. The summed E-state index contributed by atoms with van der Waals surface area (Å²) in [4.78, 5) is 2.80. The molecule has 1 nitrogen and oxygen atoms in total. The van der Waals surface area contributed by atoms with Crippen molar-refractivity contribution in [2.75, 3.05) is 7.05 Å². The van der Waals surface area contributed by atoms with E-state index in [9.17, 15) is 0 Å². The zero-order chi connectivity index (χ0) is 12.3. The Kier molecular flexibility index (Phi) is 4.62. The predicted molar refractivity (Wildman–Crippen MR) is 78.5 cm³/mol. The highest BCUT2D eigenvalue weighted by Crippen LogP contribution is 2.30. The van der Waals surface area contributed by atoms with Gasteiger partial charge >= 0.3 is 0 Å². The molecule has 0 aliphatic carbocycles. The third kappa shape index (κ3) is 3.10. The second-order valence-corrected chi connectivity index (χ2v) is 6.66. The van der Waals surface area contributed by atoms with Gasteiger partial charge in [-0.25, -0.2) is 0 Å². The van der Waals surface area contributed by atoms with Gasteiger partial charge in [0.15, 0.2) is 0 Å². The fourth-order valence-electron chi connectivity index (χ4n) is 1.93. The van der Waals surface area contributed by atoms with E-state index in [1.807, 2.05) is 24.5 Å². The first kappa shape index (κ1) is 13.1. The minimum absolute atomic E-state index is 0.402. The highest BCUT2D eigenvalue weighted by molar-refractivity contribution is 7.16. The molecule has 0 spiro atoms. The van der Waals surface area contributed by atoms with Gasteiger partial charge in [0.05, 0.1) is 4.34 Å². The molecular weight excluding hydrogens is 270 g/mol. The topological polar surface area (TPSA) is 12.0 Å². The van der Waals surface area contributed by atoms with Crippen LogP contribution in [0.15, 0.2) is 23.6 Å². The van der Waals surface area contributed by atoms with E-state index in [-0.39, 0.29) is 0 Å². The van der Waals surface area contributed by atoms with E-state index in [1.165, 1.54) is 15.3 Å². The smallest absolute Gasteiger partial charge is 0.0931 e. The normalized spacial score (nSPS) is 12.9. The summed E-state index contributed by atoms with van der Waals surface area (Å²) in [5, 5.41) is 5.59. The highest BCUT2D eigenvalue weighted by Gasteiger charge is 2.15. The standard InChI is InChI=1S/C13H16ClNS2/c1-3-9-6-7-16-13(9)11(15-2)8-10-4-5-12(14)17-10/h4-7,11,15H,3,8H2,1-2H3. The van der Waals surface area contributed by atoms with Crippen LogP contribution < -0.4 is 5.32 Å². The molecule has 0 aliphatic heterocycles. The fraction of sp³-hybridized carbons (Fsp3) is 0.385. The Hall–Kier alpha value is -0.350. The van der Waals surface area contributed by atoms with E-state index in [1.54, 1.807) is 11.3 Å². The third-order valence-corrected chi connectivity index (χ3v) is 5.19. The van der Waals surface area contributed by atoms with Crippen molar-refractivity contribution in [1.82, 2.24) is 5.32 Å². The van der Waals surface area contributed by atoms with Crippen LogP contribution in [0.2, 0.25) is 4.34 Å². The Labute approximate surface area is 115 Å². The zero-order valence-electron chi connectivity index (χ0n) is 10.00. The van der Waals surface area contributed by atoms with Crippen molar-refractivity contribution in [2.45, 2.75) is 25.8 Å². The van der Waals surface area contributed by atoms with Gasteiger partial charge in [-0.3, -0.25) is 0 Å². The Morgan fingerprint density at radius 2 is 2.18 bits per heavy atom. The molecule has 2 heterocycles. The summed E-state index contributed by atoms with van der Waals surface area (Å²) in [5.74, 6) is 0. The van der Waals surface area contributed by atoms with Gasteiger partial charge in [-0.2, -0.15) is 0 Å². The molecule has 1 N–H and O–H groups in total. The Balaban J connectivity index is 2.16. The van der Waals surface area contributed by atoms with Gasteiger partial charge in [0.25, 0.3) is 0 Å². The molecule has 0 radical (unpaired) electrons. The van der Waals surface area contributed by atoms with Gasteiger partial charge in [0, 0.05) is 22.2 Å². The molecule has 1 atom stereocenters. The summed E-state index contributed by atoms with van der Waals surface area (Å²) in [6, 6.07) is 6.73. The van der Waals surface area contributed by atoms with E-state index in [4.69, 9.17) is 11.6 Å². The first-order chi connectivity index (χ1) is 8.24. The van der Waals surface area contributed by atoms with Crippen molar-refractivity contribution in [3.05, 3.63) is 43.2 Å². The second-order valence-electron chi connectivity index (χ2n) is 3.91. The number of rotatable bonds is 5. The lowest BCUT2D eigenvalue weighted by molar-refractivity contribution is 0.602. The minimum atomic E-state index is 0.402. The molecule has 0 amide bonds. The van der Waals surface area contributed by atoms with E-state index < -0.39 is 0 Å². The van der Waals surface area contributed by atoms with Gasteiger partial charge in [-0.1, -0.05) is 18.5 Å². The molecule has 0 saturated carbocycles. The molecule has 0 bridgehead atoms. The average Bonchev–Trinajstić information content (AvgIpc) is 2.94. The minimum Gasteiger partial charge on any atom is -0.312 e. The van der Waals surface area contributed by atoms with Crippen LogP contribution in [0.25, 0.3) is 0 Å². The van der Waals surface area contributed by atoms with E-state index in [0.717, 1.165) is 17.2 Å². The molecule has 4 heteroatoms. The van der Waals surface area contributed by atoms with Crippen molar-refractivity contribution < 1.29 is 0 Å². The summed E-state index contributed by atoms with van der Waals surface area (Å²) in [5.41, 5.74) is 1.46. The molecule has 0 fully saturated rings. The van der Waals surface area contributed by atoms with Crippen molar-refractivity contribution in [3.63, 3.8) is 0 Å². The summed E-state index contributed by atoms with van der Waals surface area (Å²) < 4.78 is 0.872. The number of hydrogen-bond donors (Lipinski definition) is 1. The van der Waals surface area contributed by atoms with E-state index >= 15 is 0 Å². The predicted octanol–water partition coefficient (Wildman–Crippen LogP) is 4.53. The van der Waals surface area contributed by atoms with Gasteiger partial charge in [0.1, 0.15) is 0 Å². The summed E-state index contributed by atoms with van der Waals surface area (Å²) >= 11 is 9.49. The molecule has 0 aliphatic rings. The molecule has 0 aromatic carbocycles. The maximum atomic E-state index is 5.97. The molecule has 17 heavy (non-hydrogen) atoms. The van der Waals surface area contributed by atoms with Crippen LogP contribution in [-0.2, 0) is 12.8 Å². The molecule has 2 rings (SSSR count). The van der Waals surface area contributed by atoms with Crippen molar-refractivity contribution in [3.8, 4) is 0 Å². The fourth-order valence-corrected chi connectivity index (χ4v) is 4.17. The van der Waals surface area contributed by atoms with Crippen LogP contribution in [0.1, 0.15) is 28.3 Å². The molecule has 2 aromatic heterocycles. The Bertz CT molecular complexity index is 475. The molecule has 92 valence electrons.